The summed E-state index contributed by atoms with van der Waals surface area (Å²) in [6.07, 6.45) is 5.83. The van der Waals surface area contributed by atoms with Crippen LogP contribution in [0, 0.1) is 0 Å². The van der Waals surface area contributed by atoms with Crippen LogP contribution in [0.3, 0.4) is 0 Å². The molecule has 0 spiro atoms. The van der Waals surface area contributed by atoms with Gasteiger partial charge < -0.3 is 15.4 Å². The Bertz CT molecular complexity index is 624. The maximum atomic E-state index is 5.33. The topological polar surface area (TPSA) is 63.5 Å². The SMILES string of the molecule is CCNC(=NCCCOCC)NCCc1cnn(-c2ccccc2)c1. The van der Waals surface area contributed by atoms with Crippen molar-refractivity contribution in [3.05, 3.63) is 48.3 Å². The molecule has 0 fully saturated rings. The highest BCUT2D eigenvalue weighted by Gasteiger charge is 2.02. The Labute approximate surface area is 150 Å². The first-order valence-electron chi connectivity index (χ1n) is 9.02. The van der Waals surface area contributed by atoms with Gasteiger partial charge in [0.15, 0.2) is 5.96 Å². The first-order chi connectivity index (χ1) is 12.3. The lowest BCUT2D eigenvalue weighted by molar-refractivity contribution is 0.146. The first kappa shape index (κ1) is 19.0. The van der Waals surface area contributed by atoms with Gasteiger partial charge in [-0.3, -0.25) is 4.99 Å². The van der Waals surface area contributed by atoms with Crippen LogP contribution < -0.4 is 10.6 Å². The van der Waals surface area contributed by atoms with Crippen molar-refractivity contribution in [2.45, 2.75) is 26.7 Å². The minimum absolute atomic E-state index is 0.762. The summed E-state index contributed by atoms with van der Waals surface area (Å²) in [4.78, 5) is 4.56. The molecule has 136 valence electrons. The second-order valence-corrected chi connectivity index (χ2v) is 5.62. The first-order valence-corrected chi connectivity index (χ1v) is 9.02. The molecule has 0 saturated carbocycles. The minimum atomic E-state index is 0.762. The molecule has 0 amide bonds. The average molecular weight is 343 g/mol. The fourth-order valence-electron chi connectivity index (χ4n) is 2.38. The highest BCUT2D eigenvalue weighted by molar-refractivity contribution is 5.79. The molecular formula is C19H29N5O. The van der Waals surface area contributed by atoms with E-state index in [9.17, 15) is 0 Å². The van der Waals surface area contributed by atoms with E-state index in [1.807, 2.05) is 48.1 Å². The van der Waals surface area contributed by atoms with Crippen molar-refractivity contribution in [1.82, 2.24) is 20.4 Å². The third-order valence-electron chi connectivity index (χ3n) is 3.63. The van der Waals surface area contributed by atoms with Gasteiger partial charge in [0.1, 0.15) is 0 Å². The second kappa shape index (κ2) is 11.3. The van der Waals surface area contributed by atoms with Crippen molar-refractivity contribution in [3.8, 4) is 5.69 Å². The van der Waals surface area contributed by atoms with Crippen LogP contribution in [0.4, 0.5) is 0 Å². The molecule has 0 aliphatic rings. The summed E-state index contributed by atoms with van der Waals surface area (Å²) in [5.41, 5.74) is 2.27. The van der Waals surface area contributed by atoms with E-state index in [0.717, 1.165) is 57.3 Å². The number of nitrogens with one attached hydrogen (secondary N) is 2. The molecule has 2 N–H and O–H groups in total. The van der Waals surface area contributed by atoms with Gasteiger partial charge in [0, 0.05) is 39.0 Å². The summed E-state index contributed by atoms with van der Waals surface area (Å²) < 4.78 is 7.24. The molecule has 1 heterocycles. The van der Waals surface area contributed by atoms with E-state index in [0.29, 0.717) is 0 Å². The predicted octanol–water partition coefficient (Wildman–Crippen LogP) is 2.40. The largest absolute Gasteiger partial charge is 0.382 e. The van der Waals surface area contributed by atoms with E-state index in [4.69, 9.17) is 4.74 Å². The summed E-state index contributed by atoms with van der Waals surface area (Å²) in [5.74, 6) is 0.856. The summed E-state index contributed by atoms with van der Waals surface area (Å²) in [6, 6.07) is 10.1. The van der Waals surface area contributed by atoms with Gasteiger partial charge in [0.2, 0.25) is 0 Å². The van der Waals surface area contributed by atoms with E-state index in [2.05, 4.69) is 33.8 Å². The van der Waals surface area contributed by atoms with Crippen LogP contribution >= 0.6 is 0 Å². The fraction of sp³-hybridized carbons (Fsp3) is 0.474. The summed E-state index contributed by atoms with van der Waals surface area (Å²) in [7, 11) is 0. The zero-order valence-corrected chi connectivity index (χ0v) is 15.2. The lowest BCUT2D eigenvalue weighted by Gasteiger charge is -2.10. The van der Waals surface area contributed by atoms with E-state index in [1.165, 1.54) is 5.56 Å². The molecule has 0 aliphatic heterocycles. The van der Waals surface area contributed by atoms with Crippen LogP contribution in [0.5, 0.6) is 0 Å². The van der Waals surface area contributed by atoms with E-state index < -0.39 is 0 Å². The summed E-state index contributed by atoms with van der Waals surface area (Å²) >= 11 is 0. The van der Waals surface area contributed by atoms with Crippen LogP contribution in [0.1, 0.15) is 25.8 Å². The number of nitrogens with zero attached hydrogens (tertiary/aromatic N) is 3. The quantitative estimate of drug-likeness (QED) is 0.395. The Kier molecular flexibility index (Phi) is 8.55. The van der Waals surface area contributed by atoms with Gasteiger partial charge >= 0.3 is 0 Å². The minimum Gasteiger partial charge on any atom is -0.382 e. The van der Waals surface area contributed by atoms with Crippen molar-refractivity contribution in [2.24, 2.45) is 4.99 Å². The summed E-state index contributed by atoms with van der Waals surface area (Å²) in [6.45, 7) is 8.04. The molecule has 0 unspecified atom stereocenters. The third-order valence-corrected chi connectivity index (χ3v) is 3.63. The maximum Gasteiger partial charge on any atom is 0.191 e. The Balaban J connectivity index is 1.77. The van der Waals surface area contributed by atoms with Crippen molar-refractivity contribution < 1.29 is 4.74 Å². The Morgan fingerprint density at radius 3 is 2.80 bits per heavy atom. The number of guanidine groups is 1. The highest BCUT2D eigenvalue weighted by atomic mass is 16.5. The number of aliphatic imine (C=N–C) groups is 1. The van der Waals surface area contributed by atoms with Crippen molar-refractivity contribution >= 4 is 5.96 Å². The number of para-hydroxylation sites is 1. The van der Waals surface area contributed by atoms with Gasteiger partial charge in [-0.15, -0.1) is 0 Å². The van der Waals surface area contributed by atoms with Crippen molar-refractivity contribution in [2.75, 3.05) is 32.8 Å². The number of ether oxygens (including phenoxy) is 1. The van der Waals surface area contributed by atoms with E-state index in [1.54, 1.807) is 0 Å². The van der Waals surface area contributed by atoms with Crippen molar-refractivity contribution in [1.29, 1.82) is 0 Å². The predicted molar refractivity (Wildman–Crippen MR) is 102 cm³/mol. The van der Waals surface area contributed by atoms with Crippen LogP contribution in [0.2, 0.25) is 0 Å². The van der Waals surface area contributed by atoms with E-state index in [-0.39, 0.29) is 0 Å². The number of aromatic nitrogens is 2. The lowest BCUT2D eigenvalue weighted by atomic mass is 10.2. The van der Waals surface area contributed by atoms with Crippen LogP contribution in [0.25, 0.3) is 5.69 Å². The molecule has 6 heteroatoms. The standard InChI is InChI=1S/C19H29N5O/c1-3-20-19(21-12-8-14-25-4-2)22-13-11-17-15-23-24(16-17)18-9-6-5-7-10-18/h5-7,9-10,15-16H,3-4,8,11-14H2,1-2H3,(H2,20,21,22). The fourth-order valence-corrected chi connectivity index (χ4v) is 2.38. The summed E-state index contributed by atoms with van der Waals surface area (Å²) in [5, 5.41) is 11.1. The molecule has 6 nitrogen and oxygen atoms in total. The molecule has 0 atom stereocenters. The second-order valence-electron chi connectivity index (χ2n) is 5.62. The van der Waals surface area contributed by atoms with Gasteiger partial charge in [-0.25, -0.2) is 4.68 Å². The molecule has 1 aromatic heterocycles. The molecule has 0 aliphatic carbocycles. The number of hydrogen-bond acceptors (Lipinski definition) is 3. The van der Waals surface area contributed by atoms with Crippen LogP contribution in [0.15, 0.2) is 47.7 Å². The molecule has 0 saturated heterocycles. The number of rotatable bonds is 10. The molecule has 25 heavy (non-hydrogen) atoms. The van der Waals surface area contributed by atoms with Gasteiger partial charge in [-0.05, 0) is 44.4 Å². The molecule has 1 aromatic carbocycles. The molecule has 0 radical (unpaired) electrons. The Hall–Kier alpha value is -2.34. The monoisotopic (exact) mass is 343 g/mol. The lowest BCUT2D eigenvalue weighted by Crippen LogP contribution is -2.38. The molecular weight excluding hydrogens is 314 g/mol. The van der Waals surface area contributed by atoms with Gasteiger partial charge in [-0.1, -0.05) is 18.2 Å². The number of hydrogen-bond donors (Lipinski definition) is 2. The molecule has 2 aromatic rings. The zero-order valence-electron chi connectivity index (χ0n) is 15.2. The van der Waals surface area contributed by atoms with Gasteiger partial charge in [0.25, 0.3) is 0 Å². The highest BCUT2D eigenvalue weighted by Crippen LogP contribution is 2.07. The van der Waals surface area contributed by atoms with Crippen LogP contribution in [-0.2, 0) is 11.2 Å². The Morgan fingerprint density at radius 1 is 1.20 bits per heavy atom. The third kappa shape index (κ3) is 6.97. The maximum absolute atomic E-state index is 5.33. The van der Waals surface area contributed by atoms with Gasteiger partial charge in [-0.2, -0.15) is 5.10 Å². The zero-order chi connectivity index (χ0) is 17.7. The normalized spacial score (nSPS) is 11.5. The molecule has 0 bridgehead atoms. The van der Waals surface area contributed by atoms with E-state index >= 15 is 0 Å². The van der Waals surface area contributed by atoms with Crippen molar-refractivity contribution in [3.63, 3.8) is 0 Å². The smallest absolute Gasteiger partial charge is 0.191 e. The Morgan fingerprint density at radius 2 is 2.04 bits per heavy atom. The van der Waals surface area contributed by atoms with Gasteiger partial charge in [0.05, 0.1) is 11.9 Å². The average Bonchev–Trinajstić information content (AvgIpc) is 3.11. The van der Waals surface area contributed by atoms with Crippen LogP contribution in [-0.4, -0.2) is 48.6 Å². The number of benzene rings is 1. The molecule has 2 rings (SSSR count).